The van der Waals surface area contributed by atoms with Gasteiger partial charge in [-0.3, -0.25) is 5.73 Å². The van der Waals surface area contributed by atoms with Crippen molar-refractivity contribution in [1.82, 2.24) is 5.73 Å². The van der Waals surface area contributed by atoms with Gasteiger partial charge in [0.15, 0.2) is 0 Å². The van der Waals surface area contributed by atoms with Crippen molar-refractivity contribution in [2.75, 3.05) is 13.2 Å². The molecule has 1 aliphatic heterocycles. The SMILES string of the molecule is [NH]C1CCOC1. The number of rotatable bonds is 0. The number of hydrogen-bond donors (Lipinski definition) is 0. The fraction of sp³-hybridized carbons (Fsp3) is 1.00. The Hall–Kier alpha value is -0.0800. The average Bonchev–Trinajstić information content (AvgIpc) is 1.86. The van der Waals surface area contributed by atoms with Gasteiger partial charge < -0.3 is 4.74 Å². The molecule has 0 aromatic heterocycles. The van der Waals surface area contributed by atoms with Gasteiger partial charge in [-0.15, -0.1) is 0 Å². The van der Waals surface area contributed by atoms with Gasteiger partial charge in [0.25, 0.3) is 0 Å². The summed E-state index contributed by atoms with van der Waals surface area (Å²) < 4.78 is 4.87. The van der Waals surface area contributed by atoms with E-state index in [4.69, 9.17) is 10.5 Å². The monoisotopic (exact) mass is 86.1 g/mol. The van der Waals surface area contributed by atoms with Crippen molar-refractivity contribution in [3.8, 4) is 0 Å². The summed E-state index contributed by atoms with van der Waals surface area (Å²) in [6.07, 6.45) is 0.931. The molecule has 1 rings (SSSR count). The molecule has 1 N–H and O–H groups in total. The third kappa shape index (κ3) is 0.698. The van der Waals surface area contributed by atoms with Gasteiger partial charge in [0.05, 0.1) is 6.61 Å². The topological polar surface area (TPSA) is 33.0 Å². The Balaban J connectivity index is 2.18. The van der Waals surface area contributed by atoms with Gasteiger partial charge in [-0.1, -0.05) is 0 Å². The smallest absolute Gasteiger partial charge is 0.0634 e. The fourth-order valence-electron chi connectivity index (χ4n) is 0.535. The molecule has 0 saturated carbocycles. The first-order valence-electron chi connectivity index (χ1n) is 2.18. The van der Waals surface area contributed by atoms with Crippen LogP contribution < -0.4 is 5.73 Å². The standard InChI is InChI=1S/C4H8NO/c5-4-1-2-6-3-4/h4-5H,1-3H2. The highest BCUT2D eigenvalue weighted by Crippen LogP contribution is 1.99. The summed E-state index contributed by atoms with van der Waals surface area (Å²) in [6, 6.07) is 0.0741. The van der Waals surface area contributed by atoms with Crippen molar-refractivity contribution in [3.63, 3.8) is 0 Å². The van der Waals surface area contributed by atoms with Gasteiger partial charge in [-0.25, -0.2) is 0 Å². The summed E-state index contributed by atoms with van der Waals surface area (Å²) in [6.45, 7) is 1.45. The normalized spacial score (nSPS) is 34.5. The molecule has 1 unspecified atom stereocenters. The molecule has 0 aromatic rings. The van der Waals surface area contributed by atoms with E-state index in [1.54, 1.807) is 0 Å². The summed E-state index contributed by atoms with van der Waals surface area (Å²) >= 11 is 0. The van der Waals surface area contributed by atoms with Crippen LogP contribution >= 0.6 is 0 Å². The maximum absolute atomic E-state index is 7.01. The molecular formula is C4H8NO. The van der Waals surface area contributed by atoms with Gasteiger partial charge in [-0.05, 0) is 6.42 Å². The van der Waals surface area contributed by atoms with Crippen LogP contribution in [0.5, 0.6) is 0 Å². The van der Waals surface area contributed by atoms with Crippen LogP contribution in [0.15, 0.2) is 0 Å². The quantitative estimate of drug-likeness (QED) is 0.410. The number of hydrogen-bond acceptors (Lipinski definition) is 1. The van der Waals surface area contributed by atoms with E-state index in [1.165, 1.54) is 0 Å². The Labute approximate surface area is 37.3 Å². The Bertz CT molecular complexity index is 40.8. The molecule has 0 amide bonds. The van der Waals surface area contributed by atoms with Gasteiger partial charge in [0.1, 0.15) is 0 Å². The van der Waals surface area contributed by atoms with Crippen molar-refractivity contribution in [3.05, 3.63) is 0 Å². The Morgan fingerprint density at radius 3 is 2.67 bits per heavy atom. The summed E-state index contributed by atoms with van der Waals surface area (Å²) in [7, 11) is 0. The second-order valence-electron chi connectivity index (χ2n) is 1.56. The summed E-state index contributed by atoms with van der Waals surface area (Å²) in [5, 5.41) is 0. The van der Waals surface area contributed by atoms with Gasteiger partial charge >= 0.3 is 0 Å². The zero-order valence-corrected chi connectivity index (χ0v) is 3.61. The molecule has 1 aliphatic rings. The number of ether oxygens (including phenoxy) is 1. The molecule has 0 aliphatic carbocycles. The molecule has 2 heteroatoms. The van der Waals surface area contributed by atoms with E-state index in [1.807, 2.05) is 0 Å². The third-order valence-electron chi connectivity index (χ3n) is 0.930. The molecule has 1 heterocycles. The minimum absolute atomic E-state index is 0.0741. The molecular weight excluding hydrogens is 78.0 g/mol. The van der Waals surface area contributed by atoms with Crippen LogP contribution in [-0.4, -0.2) is 19.3 Å². The largest absolute Gasteiger partial charge is 0.380 e. The second-order valence-corrected chi connectivity index (χ2v) is 1.56. The minimum Gasteiger partial charge on any atom is -0.380 e. The maximum Gasteiger partial charge on any atom is 0.0634 e. The van der Waals surface area contributed by atoms with Crippen molar-refractivity contribution >= 4 is 0 Å². The van der Waals surface area contributed by atoms with E-state index in [0.717, 1.165) is 13.0 Å². The van der Waals surface area contributed by atoms with E-state index >= 15 is 0 Å². The first-order valence-corrected chi connectivity index (χ1v) is 2.18. The Morgan fingerprint density at radius 2 is 2.50 bits per heavy atom. The lowest BCUT2D eigenvalue weighted by molar-refractivity contribution is 0.193. The van der Waals surface area contributed by atoms with Crippen LogP contribution in [0, 0.1) is 0 Å². The van der Waals surface area contributed by atoms with E-state index in [-0.39, 0.29) is 6.04 Å². The first-order chi connectivity index (χ1) is 2.89. The third-order valence-corrected chi connectivity index (χ3v) is 0.930. The summed E-state index contributed by atoms with van der Waals surface area (Å²) in [5.74, 6) is 0. The van der Waals surface area contributed by atoms with Gasteiger partial charge in [0, 0.05) is 12.6 Å². The molecule has 0 bridgehead atoms. The van der Waals surface area contributed by atoms with Crippen LogP contribution in [0.25, 0.3) is 0 Å². The zero-order chi connectivity index (χ0) is 4.41. The second kappa shape index (κ2) is 1.58. The molecule has 0 spiro atoms. The predicted octanol–water partition coefficient (Wildman–Crippen LogP) is 0.0582. The van der Waals surface area contributed by atoms with Gasteiger partial charge in [-0.2, -0.15) is 0 Å². The molecule has 0 aromatic carbocycles. The van der Waals surface area contributed by atoms with E-state index < -0.39 is 0 Å². The van der Waals surface area contributed by atoms with Crippen LogP contribution in [0.1, 0.15) is 6.42 Å². The minimum atomic E-state index is 0.0741. The van der Waals surface area contributed by atoms with E-state index in [2.05, 4.69) is 0 Å². The van der Waals surface area contributed by atoms with Crippen LogP contribution in [0.3, 0.4) is 0 Å². The highest BCUT2D eigenvalue weighted by Gasteiger charge is 2.08. The Kier molecular flexibility index (Phi) is 1.08. The summed E-state index contributed by atoms with van der Waals surface area (Å²) in [5.41, 5.74) is 7.01. The van der Waals surface area contributed by atoms with Crippen molar-refractivity contribution in [2.45, 2.75) is 12.5 Å². The highest BCUT2D eigenvalue weighted by molar-refractivity contribution is 4.63. The van der Waals surface area contributed by atoms with Crippen molar-refractivity contribution in [1.29, 1.82) is 0 Å². The van der Waals surface area contributed by atoms with Crippen LogP contribution in [-0.2, 0) is 4.74 Å². The average molecular weight is 86.1 g/mol. The molecule has 1 radical (unpaired) electrons. The van der Waals surface area contributed by atoms with Crippen LogP contribution in [0.2, 0.25) is 0 Å². The summed E-state index contributed by atoms with van der Waals surface area (Å²) in [4.78, 5) is 0. The highest BCUT2D eigenvalue weighted by atomic mass is 16.5. The fourth-order valence-corrected chi connectivity index (χ4v) is 0.535. The lowest BCUT2D eigenvalue weighted by atomic mass is 10.3. The zero-order valence-electron chi connectivity index (χ0n) is 3.61. The first kappa shape index (κ1) is 4.09. The van der Waals surface area contributed by atoms with Crippen LogP contribution in [0.4, 0.5) is 0 Å². The molecule has 6 heavy (non-hydrogen) atoms. The van der Waals surface area contributed by atoms with Crippen molar-refractivity contribution in [2.24, 2.45) is 0 Å². The molecule has 2 nitrogen and oxygen atoms in total. The Morgan fingerprint density at radius 1 is 1.67 bits per heavy atom. The lowest BCUT2D eigenvalue weighted by Crippen LogP contribution is -2.05. The molecule has 1 saturated heterocycles. The molecule has 1 atom stereocenters. The van der Waals surface area contributed by atoms with E-state index in [9.17, 15) is 0 Å². The van der Waals surface area contributed by atoms with Crippen molar-refractivity contribution < 1.29 is 4.74 Å². The predicted molar refractivity (Wildman–Crippen MR) is 22.3 cm³/mol. The lowest BCUT2D eigenvalue weighted by Gasteiger charge is -1.88. The molecule has 35 valence electrons. The van der Waals surface area contributed by atoms with Gasteiger partial charge in [0.2, 0.25) is 0 Å². The molecule has 1 fully saturated rings. The van der Waals surface area contributed by atoms with E-state index in [0.29, 0.717) is 6.61 Å². The maximum atomic E-state index is 7.01. The number of nitrogens with one attached hydrogen (secondary N) is 1.